The fourth-order valence-corrected chi connectivity index (χ4v) is 6.30. The van der Waals surface area contributed by atoms with Gasteiger partial charge in [0.2, 0.25) is 0 Å². The number of unbranched alkanes of at least 4 members (excludes halogenated alkanes) is 2. The van der Waals surface area contributed by atoms with Gasteiger partial charge >= 0.3 is 0 Å². The average molecular weight is 381 g/mol. The molecule has 0 heterocycles. The molecule has 4 unspecified atom stereocenters. The predicted octanol–water partition coefficient (Wildman–Crippen LogP) is 5.54. The molecular weight excluding hydrogens is 343 g/mol. The van der Waals surface area contributed by atoms with Gasteiger partial charge in [-0.25, -0.2) is 4.39 Å². The molecule has 0 aromatic rings. The first-order valence-corrected chi connectivity index (χ1v) is 10.6. The number of allylic oxidation sites excluding steroid dienone is 2. The molecule has 4 heteroatoms. The number of hydrogen-bond acceptors (Lipinski definition) is 3. The van der Waals surface area contributed by atoms with Gasteiger partial charge < -0.3 is 14.6 Å². The molecule has 2 saturated carbocycles. The van der Waals surface area contributed by atoms with E-state index >= 15 is 4.39 Å². The summed E-state index contributed by atoms with van der Waals surface area (Å²) in [4.78, 5) is 0. The van der Waals surface area contributed by atoms with Crippen LogP contribution in [0, 0.1) is 22.7 Å². The molecule has 0 aliphatic heterocycles. The molecule has 0 aromatic heterocycles. The highest BCUT2D eigenvalue weighted by Gasteiger charge is 2.71. The quantitative estimate of drug-likeness (QED) is 0.589. The number of hydrogen-bond donors (Lipinski definition) is 1. The zero-order valence-corrected chi connectivity index (χ0v) is 17.9. The van der Waals surface area contributed by atoms with E-state index < -0.39 is 11.8 Å². The molecule has 1 N–H and O–H groups in total. The second-order valence-corrected chi connectivity index (χ2v) is 9.67. The van der Waals surface area contributed by atoms with Crippen molar-refractivity contribution in [2.75, 3.05) is 14.2 Å². The Morgan fingerprint density at radius 1 is 1.19 bits per heavy atom. The van der Waals surface area contributed by atoms with Gasteiger partial charge in [0.1, 0.15) is 17.1 Å². The van der Waals surface area contributed by atoms with Crippen molar-refractivity contribution in [3.05, 3.63) is 23.2 Å². The molecule has 0 aromatic carbocycles. The Balaban J connectivity index is 2.07. The van der Waals surface area contributed by atoms with Crippen molar-refractivity contribution >= 4 is 0 Å². The Bertz CT molecular complexity index is 631. The van der Waals surface area contributed by atoms with E-state index in [0.717, 1.165) is 44.9 Å². The van der Waals surface area contributed by atoms with Crippen LogP contribution < -0.4 is 0 Å². The molecule has 3 aliphatic rings. The van der Waals surface area contributed by atoms with Crippen molar-refractivity contribution in [3.63, 3.8) is 0 Å². The third-order valence-electron chi connectivity index (χ3n) is 8.00. The van der Waals surface area contributed by atoms with Gasteiger partial charge in [0, 0.05) is 16.7 Å². The van der Waals surface area contributed by atoms with Gasteiger partial charge in [-0.15, -0.1) is 0 Å². The van der Waals surface area contributed by atoms with Gasteiger partial charge in [0.05, 0.1) is 19.8 Å². The number of aliphatic hydroxyl groups is 1. The lowest BCUT2D eigenvalue weighted by molar-refractivity contribution is -0.118. The standard InChI is InChI=1S/C23H37FO3/c1-7-8-9-10-15-13-17(26-5)18(20(27-6)19(15)24)23(25)21(2,3)16-11-12-22(23,4)14-16/h13,15-16,19,25H,7-12,14H2,1-6H3/t15?,16?,19?,22?,23-/m1/s1. The molecule has 0 spiro atoms. The van der Waals surface area contributed by atoms with E-state index in [9.17, 15) is 5.11 Å². The van der Waals surface area contributed by atoms with E-state index in [1.54, 1.807) is 7.11 Å². The number of fused-ring (bicyclic) bond motifs is 2. The first-order valence-electron chi connectivity index (χ1n) is 10.6. The molecule has 0 amide bonds. The van der Waals surface area contributed by atoms with Crippen molar-refractivity contribution in [1.82, 2.24) is 0 Å². The Labute approximate surface area is 164 Å². The van der Waals surface area contributed by atoms with Crippen molar-refractivity contribution in [3.8, 4) is 0 Å². The molecule has 154 valence electrons. The third kappa shape index (κ3) is 2.77. The van der Waals surface area contributed by atoms with Crippen LogP contribution in [0.15, 0.2) is 23.2 Å². The number of halogens is 1. The number of rotatable bonds is 7. The lowest BCUT2D eigenvalue weighted by Crippen LogP contribution is -2.57. The van der Waals surface area contributed by atoms with E-state index in [0.29, 0.717) is 17.3 Å². The second kappa shape index (κ2) is 7.09. The summed E-state index contributed by atoms with van der Waals surface area (Å²) in [6.07, 6.45) is 7.65. The van der Waals surface area contributed by atoms with E-state index in [2.05, 4.69) is 27.7 Å². The summed E-state index contributed by atoms with van der Waals surface area (Å²) < 4.78 is 26.9. The predicted molar refractivity (Wildman–Crippen MR) is 106 cm³/mol. The monoisotopic (exact) mass is 380 g/mol. The van der Waals surface area contributed by atoms with Crippen LogP contribution in [0.5, 0.6) is 0 Å². The molecule has 2 fully saturated rings. The van der Waals surface area contributed by atoms with Crippen LogP contribution in [0.25, 0.3) is 0 Å². The van der Waals surface area contributed by atoms with Crippen LogP contribution in [0.4, 0.5) is 4.39 Å². The molecule has 3 aliphatic carbocycles. The molecule has 0 saturated heterocycles. The largest absolute Gasteiger partial charge is 0.497 e. The van der Waals surface area contributed by atoms with Gasteiger partial charge in [-0.3, -0.25) is 0 Å². The van der Waals surface area contributed by atoms with Crippen LogP contribution in [0.1, 0.15) is 72.6 Å². The van der Waals surface area contributed by atoms with E-state index in [4.69, 9.17) is 9.47 Å². The summed E-state index contributed by atoms with van der Waals surface area (Å²) in [5.41, 5.74) is -1.24. The minimum Gasteiger partial charge on any atom is -0.497 e. The zero-order chi connectivity index (χ0) is 20.0. The van der Waals surface area contributed by atoms with E-state index in [-0.39, 0.29) is 22.5 Å². The molecule has 5 atom stereocenters. The molecule has 2 bridgehead atoms. The first-order chi connectivity index (χ1) is 12.7. The maximum Gasteiger partial charge on any atom is 0.164 e. The Morgan fingerprint density at radius 2 is 1.89 bits per heavy atom. The van der Waals surface area contributed by atoms with E-state index in [1.807, 2.05) is 6.08 Å². The van der Waals surface area contributed by atoms with Crippen LogP contribution in [0.3, 0.4) is 0 Å². The SMILES string of the molecule is CCCCCC1C=C(OC)C([C@]2(O)C3(C)CCC(C3)C2(C)C)=C(OC)C1F. The van der Waals surface area contributed by atoms with Crippen LogP contribution in [-0.4, -0.2) is 31.1 Å². The van der Waals surface area contributed by atoms with Crippen molar-refractivity contribution < 1.29 is 19.0 Å². The lowest BCUT2D eigenvalue weighted by Gasteiger charge is -2.53. The summed E-state index contributed by atoms with van der Waals surface area (Å²) in [6, 6.07) is 0. The summed E-state index contributed by atoms with van der Waals surface area (Å²) in [6.45, 7) is 8.54. The second-order valence-electron chi connectivity index (χ2n) is 9.67. The minimum absolute atomic E-state index is 0.261. The zero-order valence-electron chi connectivity index (χ0n) is 17.9. The van der Waals surface area contributed by atoms with Crippen molar-refractivity contribution in [2.24, 2.45) is 22.7 Å². The number of methoxy groups -OCH3 is 2. The molecule has 3 nitrogen and oxygen atoms in total. The van der Waals surface area contributed by atoms with Gasteiger partial charge in [-0.1, -0.05) is 47.0 Å². The van der Waals surface area contributed by atoms with Crippen molar-refractivity contribution in [1.29, 1.82) is 0 Å². The molecule has 3 rings (SSSR count). The average Bonchev–Trinajstić information content (AvgIpc) is 3.11. The third-order valence-corrected chi connectivity index (χ3v) is 8.00. The smallest absolute Gasteiger partial charge is 0.164 e. The first kappa shape index (κ1) is 20.7. The normalized spacial score (nSPS) is 40.3. The van der Waals surface area contributed by atoms with Crippen LogP contribution >= 0.6 is 0 Å². The van der Waals surface area contributed by atoms with Gasteiger partial charge in [0.15, 0.2) is 6.17 Å². The highest BCUT2D eigenvalue weighted by Crippen LogP contribution is 2.71. The van der Waals surface area contributed by atoms with Gasteiger partial charge in [-0.05, 0) is 37.7 Å². The minimum atomic E-state index is -1.23. The van der Waals surface area contributed by atoms with Crippen LogP contribution in [0.2, 0.25) is 0 Å². The maximum atomic E-state index is 15.5. The summed E-state index contributed by atoms with van der Waals surface area (Å²) in [5.74, 6) is 1.05. The highest BCUT2D eigenvalue weighted by atomic mass is 19.1. The number of alkyl halides is 1. The highest BCUT2D eigenvalue weighted by molar-refractivity contribution is 5.48. The van der Waals surface area contributed by atoms with Crippen molar-refractivity contribution in [2.45, 2.75) is 84.4 Å². The topological polar surface area (TPSA) is 38.7 Å². The van der Waals surface area contributed by atoms with E-state index in [1.165, 1.54) is 7.11 Å². The maximum absolute atomic E-state index is 15.5. The fourth-order valence-electron chi connectivity index (χ4n) is 6.30. The summed E-state index contributed by atoms with van der Waals surface area (Å²) in [7, 11) is 3.14. The Kier molecular flexibility index (Phi) is 5.44. The molecular formula is C23H37FO3. The summed E-state index contributed by atoms with van der Waals surface area (Å²) >= 11 is 0. The Morgan fingerprint density at radius 3 is 2.41 bits per heavy atom. The summed E-state index contributed by atoms with van der Waals surface area (Å²) in [5, 5.41) is 12.2. The fraction of sp³-hybridized carbons (Fsp3) is 0.826. The van der Waals surface area contributed by atoms with Gasteiger partial charge in [-0.2, -0.15) is 0 Å². The van der Waals surface area contributed by atoms with Gasteiger partial charge in [0.25, 0.3) is 0 Å². The lowest BCUT2D eigenvalue weighted by atomic mass is 9.56. The van der Waals surface area contributed by atoms with Crippen LogP contribution in [-0.2, 0) is 9.47 Å². The molecule has 27 heavy (non-hydrogen) atoms. The Hall–Kier alpha value is -1.03. The molecule has 0 radical (unpaired) electrons. The number of ether oxygens (including phenoxy) is 2.